The molecule has 0 bridgehead atoms. The normalized spacial score (nSPS) is 10.6. The van der Waals surface area contributed by atoms with E-state index in [1.165, 1.54) is 6.33 Å². The molecule has 2 rings (SSSR count). The van der Waals surface area contributed by atoms with Gasteiger partial charge < -0.3 is 14.2 Å². The van der Waals surface area contributed by atoms with Crippen molar-refractivity contribution in [3.63, 3.8) is 0 Å². The van der Waals surface area contributed by atoms with Crippen LogP contribution in [-0.4, -0.2) is 37.4 Å². The van der Waals surface area contributed by atoms with Crippen LogP contribution in [0.15, 0.2) is 24.7 Å². The highest BCUT2D eigenvalue weighted by molar-refractivity contribution is 5.81. The van der Waals surface area contributed by atoms with Gasteiger partial charge in [0.25, 0.3) is 0 Å². The molecular formula is C14H18N2O3. The van der Waals surface area contributed by atoms with Gasteiger partial charge in [-0.05, 0) is 18.9 Å². The zero-order valence-corrected chi connectivity index (χ0v) is 11.3. The van der Waals surface area contributed by atoms with Crippen LogP contribution >= 0.6 is 0 Å². The highest BCUT2D eigenvalue weighted by atomic mass is 16.5. The predicted molar refractivity (Wildman–Crippen MR) is 72.7 cm³/mol. The summed E-state index contributed by atoms with van der Waals surface area (Å²) in [5.41, 5.74) is 0.850. The summed E-state index contributed by atoms with van der Waals surface area (Å²) in [4.78, 5) is 8.20. The average molecular weight is 262 g/mol. The molecular weight excluding hydrogens is 244 g/mol. The first-order valence-corrected chi connectivity index (χ1v) is 6.24. The van der Waals surface area contributed by atoms with Gasteiger partial charge in [-0.25, -0.2) is 9.97 Å². The Bertz CT molecular complexity index is 531. The molecule has 0 fully saturated rings. The molecule has 0 spiro atoms. The second kappa shape index (κ2) is 6.89. The van der Waals surface area contributed by atoms with Crippen LogP contribution in [0.2, 0.25) is 0 Å². The van der Waals surface area contributed by atoms with E-state index in [-0.39, 0.29) is 0 Å². The molecule has 1 heterocycles. The lowest BCUT2D eigenvalue weighted by molar-refractivity contribution is 0.183. The van der Waals surface area contributed by atoms with Gasteiger partial charge in [-0.2, -0.15) is 0 Å². The fourth-order valence-corrected chi connectivity index (χ4v) is 1.79. The van der Waals surface area contributed by atoms with Crippen LogP contribution in [0, 0.1) is 0 Å². The summed E-state index contributed by atoms with van der Waals surface area (Å²) < 4.78 is 16.1. The van der Waals surface area contributed by atoms with Crippen molar-refractivity contribution < 1.29 is 14.2 Å². The molecule has 0 saturated heterocycles. The predicted octanol–water partition coefficient (Wildman–Crippen LogP) is 2.44. The maximum atomic E-state index is 5.74. The van der Waals surface area contributed by atoms with Crippen LogP contribution in [0.5, 0.6) is 11.5 Å². The summed E-state index contributed by atoms with van der Waals surface area (Å²) >= 11 is 0. The molecule has 2 aromatic rings. The molecule has 0 aliphatic rings. The first-order valence-electron chi connectivity index (χ1n) is 6.24. The molecule has 5 nitrogen and oxygen atoms in total. The number of nitrogens with zero attached hydrogens (tertiary/aromatic N) is 2. The lowest BCUT2D eigenvalue weighted by Gasteiger charge is -2.11. The number of fused-ring (bicyclic) bond motifs is 1. The van der Waals surface area contributed by atoms with E-state index in [1.54, 1.807) is 20.4 Å². The summed E-state index contributed by atoms with van der Waals surface area (Å²) in [5.74, 6) is 1.42. The Labute approximate surface area is 112 Å². The van der Waals surface area contributed by atoms with Crippen molar-refractivity contribution in [2.45, 2.75) is 12.8 Å². The molecule has 0 saturated carbocycles. The first kappa shape index (κ1) is 13.5. The van der Waals surface area contributed by atoms with E-state index in [9.17, 15) is 0 Å². The third-order valence-corrected chi connectivity index (χ3v) is 2.79. The zero-order chi connectivity index (χ0) is 13.5. The van der Waals surface area contributed by atoms with E-state index >= 15 is 0 Å². The van der Waals surface area contributed by atoms with Crippen molar-refractivity contribution in [3.05, 3.63) is 24.7 Å². The van der Waals surface area contributed by atoms with Gasteiger partial charge in [0.1, 0.15) is 6.33 Å². The molecule has 0 aliphatic heterocycles. The molecule has 1 aromatic heterocycles. The molecule has 1 aromatic carbocycles. The summed E-state index contributed by atoms with van der Waals surface area (Å²) in [6.45, 7) is 1.39. The average Bonchev–Trinajstić information content (AvgIpc) is 2.46. The van der Waals surface area contributed by atoms with Crippen molar-refractivity contribution in [1.82, 2.24) is 9.97 Å². The highest BCUT2D eigenvalue weighted by Gasteiger charge is 2.07. The molecule has 0 amide bonds. The molecule has 0 aliphatic carbocycles. The minimum Gasteiger partial charge on any atom is -0.493 e. The van der Waals surface area contributed by atoms with Crippen LogP contribution in [-0.2, 0) is 4.74 Å². The van der Waals surface area contributed by atoms with Crippen molar-refractivity contribution in [2.75, 3.05) is 27.4 Å². The number of hydrogen-bond acceptors (Lipinski definition) is 5. The smallest absolute Gasteiger partial charge is 0.163 e. The Kier molecular flexibility index (Phi) is 4.92. The van der Waals surface area contributed by atoms with Crippen LogP contribution in [0.3, 0.4) is 0 Å². The topological polar surface area (TPSA) is 53.5 Å². The monoisotopic (exact) mass is 262 g/mol. The van der Waals surface area contributed by atoms with Gasteiger partial charge in [0.2, 0.25) is 0 Å². The SMILES string of the molecule is COCCCCOc1cc2ncncc2cc1OC. The van der Waals surface area contributed by atoms with Crippen molar-refractivity contribution in [2.24, 2.45) is 0 Å². The Hall–Kier alpha value is -1.88. The number of rotatable bonds is 7. The lowest BCUT2D eigenvalue weighted by Crippen LogP contribution is -2.01. The molecule has 0 radical (unpaired) electrons. The van der Waals surface area contributed by atoms with Crippen molar-refractivity contribution in [1.29, 1.82) is 0 Å². The van der Waals surface area contributed by atoms with E-state index in [0.29, 0.717) is 18.1 Å². The molecule has 19 heavy (non-hydrogen) atoms. The first-order chi connectivity index (χ1) is 9.35. The zero-order valence-electron chi connectivity index (χ0n) is 11.3. The van der Waals surface area contributed by atoms with E-state index < -0.39 is 0 Å². The van der Waals surface area contributed by atoms with Gasteiger partial charge in [-0.15, -0.1) is 0 Å². The summed E-state index contributed by atoms with van der Waals surface area (Å²) in [5, 5.41) is 0.936. The maximum absolute atomic E-state index is 5.74. The van der Waals surface area contributed by atoms with E-state index in [0.717, 1.165) is 30.4 Å². The Morgan fingerprint density at radius 1 is 1.05 bits per heavy atom. The number of aromatic nitrogens is 2. The fourth-order valence-electron chi connectivity index (χ4n) is 1.79. The maximum Gasteiger partial charge on any atom is 0.163 e. The molecule has 102 valence electrons. The lowest BCUT2D eigenvalue weighted by atomic mass is 10.2. The Morgan fingerprint density at radius 2 is 1.89 bits per heavy atom. The van der Waals surface area contributed by atoms with Crippen LogP contribution < -0.4 is 9.47 Å². The van der Waals surface area contributed by atoms with Gasteiger partial charge in [0, 0.05) is 31.4 Å². The van der Waals surface area contributed by atoms with Gasteiger partial charge >= 0.3 is 0 Å². The largest absolute Gasteiger partial charge is 0.493 e. The quantitative estimate of drug-likeness (QED) is 0.717. The van der Waals surface area contributed by atoms with Crippen LogP contribution in [0.4, 0.5) is 0 Å². The minimum absolute atomic E-state index is 0.635. The number of hydrogen-bond donors (Lipinski definition) is 0. The number of unbranched alkanes of at least 4 members (excludes halogenated alkanes) is 1. The summed E-state index contributed by atoms with van der Waals surface area (Å²) in [6, 6.07) is 3.77. The second-order valence-electron chi connectivity index (χ2n) is 4.13. The molecule has 5 heteroatoms. The van der Waals surface area contributed by atoms with Gasteiger partial charge in [-0.1, -0.05) is 0 Å². The molecule has 0 atom stereocenters. The van der Waals surface area contributed by atoms with Crippen molar-refractivity contribution >= 4 is 10.9 Å². The molecule has 0 unspecified atom stereocenters. The van der Waals surface area contributed by atoms with Gasteiger partial charge in [-0.3, -0.25) is 0 Å². The number of methoxy groups -OCH3 is 2. The molecule has 0 N–H and O–H groups in total. The van der Waals surface area contributed by atoms with Crippen LogP contribution in [0.25, 0.3) is 10.9 Å². The Morgan fingerprint density at radius 3 is 2.68 bits per heavy atom. The third-order valence-electron chi connectivity index (χ3n) is 2.79. The van der Waals surface area contributed by atoms with Crippen LogP contribution in [0.1, 0.15) is 12.8 Å². The van der Waals surface area contributed by atoms with E-state index in [1.807, 2.05) is 12.1 Å². The van der Waals surface area contributed by atoms with Gasteiger partial charge in [0.05, 0.1) is 19.2 Å². The summed E-state index contributed by atoms with van der Waals surface area (Å²) in [6.07, 6.45) is 5.21. The number of benzene rings is 1. The highest BCUT2D eigenvalue weighted by Crippen LogP contribution is 2.31. The Balaban J connectivity index is 2.08. The summed E-state index contributed by atoms with van der Waals surface area (Å²) in [7, 11) is 3.33. The number of ether oxygens (including phenoxy) is 3. The van der Waals surface area contributed by atoms with Crippen molar-refractivity contribution in [3.8, 4) is 11.5 Å². The van der Waals surface area contributed by atoms with Gasteiger partial charge in [0.15, 0.2) is 11.5 Å². The fraction of sp³-hybridized carbons (Fsp3) is 0.429. The third kappa shape index (κ3) is 3.54. The minimum atomic E-state index is 0.635. The van der Waals surface area contributed by atoms with E-state index in [2.05, 4.69) is 9.97 Å². The van der Waals surface area contributed by atoms with E-state index in [4.69, 9.17) is 14.2 Å². The second-order valence-corrected chi connectivity index (χ2v) is 4.13. The standard InChI is InChI=1S/C14H18N2O3/c1-17-5-3-4-6-19-14-8-12-11(7-13(14)18-2)9-15-10-16-12/h7-10H,3-6H2,1-2H3.